The van der Waals surface area contributed by atoms with Crippen molar-refractivity contribution in [2.45, 2.75) is 44.8 Å². The molecule has 2 rings (SSSR count). The minimum atomic E-state index is -0.209. The van der Waals surface area contributed by atoms with Crippen LogP contribution in [0.2, 0.25) is 0 Å². The standard InChI is InChI=1S/C14H29N3O/c1-2-17-9-5-6-13(17)10-15-11-14(18)12-16-7-3-4-8-16/h13-15,18H,2-12H2,1H3. The summed E-state index contributed by atoms with van der Waals surface area (Å²) in [5, 5.41) is 13.4. The van der Waals surface area contributed by atoms with Gasteiger partial charge in [0.15, 0.2) is 0 Å². The van der Waals surface area contributed by atoms with Crippen LogP contribution in [-0.4, -0.2) is 72.9 Å². The summed E-state index contributed by atoms with van der Waals surface area (Å²) in [6, 6.07) is 0.689. The van der Waals surface area contributed by atoms with Gasteiger partial charge < -0.3 is 15.3 Å². The zero-order valence-corrected chi connectivity index (χ0v) is 11.8. The van der Waals surface area contributed by atoms with E-state index in [1.54, 1.807) is 0 Å². The Morgan fingerprint density at radius 3 is 2.72 bits per heavy atom. The maximum atomic E-state index is 9.99. The van der Waals surface area contributed by atoms with Crippen LogP contribution in [0.5, 0.6) is 0 Å². The molecule has 2 aliphatic rings. The first-order valence-corrected chi connectivity index (χ1v) is 7.64. The maximum absolute atomic E-state index is 9.99. The maximum Gasteiger partial charge on any atom is 0.0791 e. The lowest BCUT2D eigenvalue weighted by molar-refractivity contribution is 0.121. The molecule has 106 valence electrons. The lowest BCUT2D eigenvalue weighted by Gasteiger charge is -2.24. The molecule has 0 spiro atoms. The molecule has 0 aromatic carbocycles. The van der Waals surface area contributed by atoms with Crippen LogP contribution in [-0.2, 0) is 0 Å². The Kier molecular flexibility index (Phi) is 5.89. The van der Waals surface area contributed by atoms with Gasteiger partial charge in [0.25, 0.3) is 0 Å². The molecule has 2 fully saturated rings. The van der Waals surface area contributed by atoms with Crippen LogP contribution in [0.25, 0.3) is 0 Å². The number of rotatable bonds is 7. The number of likely N-dealkylation sites (N-methyl/N-ethyl adjacent to an activating group) is 1. The number of aliphatic hydroxyl groups excluding tert-OH is 1. The highest BCUT2D eigenvalue weighted by Crippen LogP contribution is 2.15. The Labute approximate surface area is 111 Å². The summed E-state index contributed by atoms with van der Waals surface area (Å²) in [6.45, 7) is 9.60. The number of aliphatic hydroxyl groups is 1. The Morgan fingerprint density at radius 2 is 2.00 bits per heavy atom. The number of nitrogens with one attached hydrogen (secondary N) is 1. The van der Waals surface area contributed by atoms with Crippen molar-refractivity contribution >= 4 is 0 Å². The van der Waals surface area contributed by atoms with Crippen LogP contribution < -0.4 is 5.32 Å². The Balaban J connectivity index is 1.56. The number of hydrogen-bond donors (Lipinski definition) is 2. The van der Waals surface area contributed by atoms with Crippen molar-refractivity contribution in [3.8, 4) is 0 Å². The van der Waals surface area contributed by atoms with Crippen LogP contribution in [0.15, 0.2) is 0 Å². The van der Waals surface area contributed by atoms with Gasteiger partial charge in [-0.3, -0.25) is 4.90 Å². The molecule has 0 aliphatic carbocycles. The minimum Gasteiger partial charge on any atom is -0.390 e. The monoisotopic (exact) mass is 255 g/mol. The molecule has 0 aromatic rings. The average Bonchev–Trinajstić information content (AvgIpc) is 3.00. The van der Waals surface area contributed by atoms with Crippen molar-refractivity contribution in [1.82, 2.24) is 15.1 Å². The molecule has 4 heteroatoms. The molecule has 2 heterocycles. The van der Waals surface area contributed by atoms with E-state index in [-0.39, 0.29) is 6.10 Å². The Bertz CT molecular complexity index is 231. The van der Waals surface area contributed by atoms with Gasteiger partial charge in [-0.2, -0.15) is 0 Å². The number of likely N-dealkylation sites (tertiary alicyclic amines) is 2. The lowest BCUT2D eigenvalue weighted by Crippen LogP contribution is -2.42. The molecule has 2 saturated heterocycles. The molecule has 0 bridgehead atoms. The van der Waals surface area contributed by atoms with Crippen molar-refractivity contribution in [1.29, 1.82) is 0 Å². The molecule has 2 N–H and O–H groups in total. The summed E-state index contributed by atoms with van der Waals surface area (Å²) < 4.78 is 0. The van der Waals surface area contributed by atoms with Crippen LogP contribution in [0.1, 0.15) is 32.6 Å². The highest BCUT2D eigenvalue weighted by Gasteiger charge is 2.22. The zero-order chi connectivity index (χ0) is 12.8. The van der Waals surface area contributed by atoms with Crippen LogP contribution in [0, 0.1) is 0 Å². The van der Waals surface area contributed by atoms with Gasteiger partial charge in [0.05, 0.1) is 6.10 Å². The van der Waals surface area contributed by atoms with E-state index in [0.29, 0.717) is 6.04 Å². The predicted octanol–water partition coefficient (Wildman–Crippen LogP) is 0.517. The molecule has 2 unspecified atom stereocenters. The highest BCUT2D eigenvalue weighted by molar-refractivity contribution is 4.80. The first-order chi connectivity index (χ1) is 8.79. The zero-order valence-electron chi connectivity index (χ0n) is 11.8. The van der Waals surface area contributed by atoms with E-state index in [4.69, 9.17) is 0 Å². The van der Waals surface area contributed by atoms with Crippen molar-refractivity contribution in [2.24, 2.45) is 0 Å². The van der Waals surface area contributed by atoms with E-state index in [1.165, 1.54) is 45.3 Å². The summed E-state index contributed by atoms with van der Waals surface area (Å²) in [7, 11) is 0. The first kappa shape index (κ1) is 14.3. The van der Waals surface area contributed by atoms with Crippen molar-refractivity contribution in [2.75, 3.05) is 45.8 Å². The summed E-state index contributed by atoms with van der Waals surface area (Å²) in [6.07, 6.45) is 5.03. The van der Waals surface area contributed by atoms with E-state index >= 15 is 0 Å². The summed E-state index contributed by atoms with van der Waals surface area (Å²) in [4.78, 5) is 4.92. The summed E-state index contributed by atoms with van der Waals surface area (Å²) in [5.74, 6) is 0. The second-order valence-electron chi connectivity index (χ2n) is 5.74. The Morgan fingerprint density at radius 1 is 1.22 bits per heavy atom. The number of β-amino-alcohol motifs (C(OH)–C–C–N with tert-alkyl or cyclic N) is 1. The number of nitrogens with zero attached hydrogens (tertiary/aromatic N) is 2. The molecule has 0 amide bonds. The van der Waals surface area contributed by atoms with E-state index in [2.05, 4.69) is 22.0 Å². The van der Waals surface area contributed by atoms with Crippen LogP contribution >= 0.6 is 0 Å². The second kappa shape index (κ2) is 7.43. The van der Waals surface area contributed by atoms with E-state index in [0.717, 1.165) is 26.2 Å². The topological polar surface area (TPSA) is 38.7 Å². The fourth-order valence-electron chi connectivity index (χ4n) is 3.29. The van der Waals surface area contributed by atoms with E-state index in [9.17, 15) is 5.11 Å². The summed E-state index contributed by atoms with van der Waals surface area (Å²) >= 11 is 0. The van der Waals surface area contributed by atoms with Gasteiger partial charge in [-0.1, -0.05) is 6.92 Å². The average molecular weight is 255 g/mol. The molecule has 2 atom stereocenters. The molecule has 18 heavy (non-hydrogen) atoms. The first-order valence-electron chi connectivity index (χ1n) is 7.64. The molecule has 0 saturated carbocycles. The van der Waals surface area contributed by atoms with Gasteiger partial charge in [-0.15, -0.1) is 0 Å². The SMILES string of the molecule is CCN1CCCC1CNCC(O)CN1CCCC1. The fourth-order valence-corrected chi connectivity index (χ4v) is 3.29. The fraction of sp³-hybridized carbons (Fsp3) is 1.00. The third-order valence-electron chi connectivity index (χ3n) is 4.33. The van der Waals surface area contributed by atoms with Gasteiger partial charge in [-0.25, -0.2) is 0 Å². The van der Waals surface area contributed by atoms with E-state index < -0.39 is 0 Å². The smallest absolute Gasteiger partial charge is 0.0791 e. The van der Waals surface area contributed by atoms with E-state index in [1.807, 2.05) is 0 Å². The van der Waals surface area contributed by atoms with Gasteiger partial charge in [0.1, 0.15) is 0 Å². The molecule has 4 nitrogen and oxygen atoms in total. The van der Waals surface area contributed by atoms with Crippen LogP contribution in [0.3, 0.4) is 0 Å². The third-order valence-corrected chi connectivity index (χ3v) is 4.33. The van der Waals surface area contributed by atoms with Gasteiger partial charge >= 0.3 is 0 Å². The Hall–Kier alpha value is -0.160. The molecule has 2 aliphatic heterocycles. The highest BCUT2D eigenvalue weighted by atomic mass is 16.3. The largest absolute Gasteiger partial charge is 0.390 e. The second-order valence-corrected chi connectivity index (χ2v) is 5.74. The van der Waals surface area contributed by atoms with Gasteiger partial charge in [-0.05, 0) is 51.9 Å². The van der Waals surface area contributed by atoms with Crippen molar-refractivity contribution < 1.29 is 5.11 Å². The molecular weight excluding hydrogens is 226 g/mol. The predicted molar refractivity (Wildman–Crippen MR) is 74.8 cm³/mol. The van der Waals surface area contributed by atoms with Crippen LogP contribution in [0.4, 0.5) is 0 Å². The lowest BCUT2D eigenvalue weighted by atomic mass is 10.2. The molecular formula is C14H29N3O. The number of hydrogen-bond acceptors (Lipinski definition) is 4. The molecule has 0 aromatic heterocycles. The molecule has 0 radical (unpaired) electrons. The minimum absolute atomic E-state index is 0.209. The third kappa shape index (κ3) is 4.19. The normalized spacial score (nSPS) is 28.0. The van der Waals surface area contributed by atoms with Crippen molar-refractivity contribution in [3.05, 3.63) is 0 Å². The summed E-state index contributed by atoms with van der Waals surface area (Å²) in [5.41, 5.74) is 0. The van der Waals surface area contributed by atoms with Gasteiger partial charge in [0.2, 0.25) is 0 Å². The quantitative estimate of drug-likeness (QED) is 0.695. The van der Waals surface area contributed by atoms with Gasteiger partial charge in [0, 0.05) is 25.7 Å². The van der Waals surface area contributed by atoms with Crippen molar-refractivity contribution in [3.63, 3.8) is 0 Å².